The summed E-state index contributed by atoms with van der Waals surface area (Å²) in [4.78, 5) is 42.5. The molecule has 1 aliphatic heterocycles. The Bertz CT molecular complexity index is 805. The largest absolute Gasteiger partial charge is 0.458 e. The van der Waals surface area contributed by atoms with Gasteiger partial charge >= 0.3 is 5.97 Å². The zero-order valence-electron chi connectivity index (χ0n) is 14.3. The van der Waals surface area contributed by atoms with Crippen molar-refractivity contribution in [2.45, 2.75) is 38.7 Å². The highest BCUT2D eigenvalue weighted by Gasteiger charge is 2.47. The quantitative estimate of drug-likeness (QED) is 0.596. The summed E-state index contributed by atoms with van der Waals surface area (Å²) in [6.45, 7) is 0.231. The van der Waals surface area contributed by atoms with Gasteiger partial charge in [-0.05, 0) is 25.0 Å². The van der Waals surface area contributed by atoms with E-state index in [4.69, 9.17) is 4.74 Å². The van der Waals surface area contributed by atoms with Crippen LogP contribution in [0.15, 0.2) is 24.3 Å². The number of carbonyl (C=O) groups excluding carboxylic acids is 3. The molecule has 0 radical (unpaired) electrons. The molecule has 6 nitrogen and oxygen atoms in total. The van der Waals surface area contributed by atoms with E-state index in [1.165, 1.54) is 16.2 Å². The SMILES string of the molecule is O=C(CCN1C(=O)C2CCCCC2C1=O)OCc1nc2ccccc2s1. The van der Waals surface area contributed by atoms with Crippen molar-refractivity contribution in [3.63, 3.8) is 0 Å². The molecule has 4 rings (SSSR count). The van der Waals surface area contributed by atoms with Gasteiger partial charge in [0.2, 0.25) is 11.8 Å². The number of likely N-dealkylation sites (tertiary alicyclic amines) is 1. The smallest absolute Gasteiger partial charge is 0.308 e. The fourth-order valence-electron chi connectivity index (χ4n) is 3.85. The van der Waals surface area contributed by atoms with E-state index < -0.39 is 5.97 Å². The van der Waals surface area contributed by atoms with Gasteiger partial charge < -0.3 is 4.74 Å². The first-order valence-electron chi connectivity index (χ1n) is 8.99. The van der Waals surface area contributed by atoms with Crippen LogP contribution in [0.3, 0.4) is 0 Å². The number of carbonyl (C=O) groups is 3. The van der Waals surface area contributed by atoms with Crippen LogP contribution < -0.4 is 0 Å². The first-order valence-corrected chi connectivity index (χ1v) is 9.80. The molecule has 2 atom stereocenters. The number of nitrogens with zero attached hydrogens (tertiary/aromatic N) is 2. The molecule has 0 N–H and O–H groups in total. The summed E-state index contributed by atoms with van der Waals surface area (Å²) in [5, 5.41) is 0.735. The molecular weight excluding hydrogens is 352 g/mol. The van der Waals surface area contributed by atoms with Crippen LogP contribution in [0.25, 0.3) is 10.2 Å². The highest BCUT2D eigenvalue weighted by atomic mass is 32.1. The second-order valence-electron chi connectivity index (χ2n) is 6.81. The number of rotatable bonds is 5. The summed E-state index contributed by atoms with van der Waals surface area (Å²) >= 11 is 1.49. The van der Waals surface area contributed by atoms with Crippen LogP contribution in [-0.2, 0) is 25.7 Å². The third-order valence-corrected chi connectivity index (χ3v) is 6.18. The Kier molecular flexibility index (Phi) is 4.72. The second kappa shape index (κ2) is 7.15. The number of aromatic nitrogens is 1. The summed E-state index contributed by atoms with van der Waals surface area (Å²) in [6.07, 6.45) is 3.60. The Balaban J connectivity index is 1.30. The Morgan fingerprint density at radius 2 is 1.85 bits per heavy atom. The van der Waals surface area contributed by atoms with Crippen molar-refractivity contribution < 1.29 is 19.1 Å². The molecule has 26 heavy (non-hydrogen) atoms. The van der Waals surface area contributed by atoms with Crippen molar-refractivity contribution in [3.05, 3.63) is 29.3 Å². The minimum atomic E-state index is -0.417. The lowest BCUT2D eigenvalue weighted by molar-refractivity contribution is -0.146. The Hall–Kier alpha value is -2.28. The molecule has 2 aromatic rings. The molecule has 1 aromatic heterocycles. The van der Waals surface area contributed by atoms with E-state index >= 15 is 0 Å². The number of ether oxygens (including phenoxy) is 1. The number of para-hydroxylation sites is 1. The molecule has 2 fully saturated rings. The Morgan fingerprint density at radius 3 is 2.54 bits per heavy atom. The zero-order chi connectivity index (χ0) is 18.1. The molecule has 136 valence electrons. The van der Waals surface area contributed by atoms with Crippen molar-refractivity contribution in [2.75, 3.05) is 6.54 Å². The first kappa shape index (κ1) is 17.1. The van der Waals surface area contributed by atoms with Crippen LogP contribution in [0.1, 0.15) is 37.1 Å². The number of imide groups is 1. The zero-order valence-corrected chi connectivity index (χ0v) is 15.2. The van der Waals surface area contributed by atoms with E-state index in [0.717, 1.165) is 40.9 Å². The van der Waals surface area contributed by atoms with Crippen LogP contribution in [0, 0.1) is 11.8 Å². The molecule has 1 aromatic carbocycles. The lowest BCUT2D eigenvalue weighted by atomic mass is 9.81. The Labute approximate surface area is 155 Å². The van der Waals surface area contributed by atoms with E-state index in [-0.39, 0.29) is 43.2 Å². The van der Waals surface area contributed by atoms with Crippen LogP contribution in [0.4, 0.5) is 0 Å². The van der Waals surface area contributed by atoms with E-state index in [9.17, 15) is 14.4 Å². The van der Waals surface area contributed by atoms with E-state index in [1.54, 1.807) is 0 Å². The van der Waals surface area contributed by atoms with Gasteiger partial charge in [0.05, 0.1) is 28.5 Å². The fourth-order valence-corrected chi connectivity index (χ4v) is 4.73. The van der Waals surface area contributed by atoms with Crippen molar-refractivity contribution in [1.29, 1.82) is 0 Å². The summed E-state index contributed by atoms with van der Waals surface area (Å²) in [7, 11) is 0. The summed E-state index contributed by atoms with van der Waals surface area (Å²) < 4.78 is 6.32. The summed E-state index contributed by atoms with van der Waals surface area (Å²) in [5.74, 6) is -0.984. The van der Waals surface area contributed by atoms with Gasteiger partial charge in [0.15, 0.2) is 0 Å². The van der Waals surface area contributed by atoms with Gasteiger partial charge in [-0.2, -0.15) is 0 Å². The first-order chi connectivity index (χ1) is 12.6. The van der Waals surface area contributed by atoms with Crippen molar-refractivity contribution in [1.82, 2.24) is 9.88 Å². The van der Waals surface area contributed by atoms with Gasteiger partial charge in [0.25, 0.3) is 0 Å². The molecule has 0 bridgehead atoms. The molecule has 2 amide bonds. The lowest BCUT2D eigenvalue weighted by Crippen LogP contribution is -2.33. The van der Waals surface area contributed by atoms with Gasteiger partial charge in [-0.25, -0.2) is 4.98 Å². The van der Waals surface area contributed by atoms with Gasteiger partial charge in [0, 0.05) is 6.54 Å². The average molecular weight is 372 g/mol. The maximum absolute atomic E-state index is 12.4. The van der Waals surface area contributed by atoms with Crippen molar-refractivity contribution in [2.24, 2.45) is 11.8 Å². The molecule has 2 aliphatic rings. The molecule has 1 aliphatic carbocycles. The topological polar surface area (TPSA) is 76.6 Å². The van der Waals surface area contributed by atoms with Crippen molar-refractivity contribution in [3.8, 4) is 0 Å². The van der Waals surface area contributed by atoms with Crippen LogP contribution in [-0.4, -0.2) is 34.2 Å². The normalized spacial score (nSPS) is 22.7. The fraction of sp³-hybridized carbons (Fsp3) is 0.474. The third kappa shape index (κ3) is 3.23. The number of fused-ring (bicyclic) bond motifs is 2. The standard InChI is InChI=1S/C19H20N2O4S/c22-17(25-11-16-20-14-7-3-4-8-15(14)26-16)9-10-21-18(23)12-5-1-2-6-13(12)19(21)24/h3-4,7-8,12-13H,1-2,5-6,9-11H2. The van der Waals surface area contributed by atoms with Crippen LogP contribution in [0.2, 0.25) is 0 Å². The maximum Gasteiger partial charge on any atom is 0.308 e. The van der Waals surface area contributed by atoms with Gasteiger partial charge in [0.1, 0.15) is 11.6 Å². The molecule has 7 heteroatoms. The van der Waals surface area contributed by atoms with Gasteiger partial charge in [-0.15, -0.1) is 11.3 Å². The predicted octanol–water partition coefficient (Wildman–Crippen LogP) is 2.90. The minimum Gasteiger partial charge on any atom is -0.458 e. The number of esters is 1. The average Bonchev–Trinajstić information content (AvgIpc) is 3.18. The van der Waals surface area contributed by atoms with E-state index in [1.807, 2.05) is 24.3 Å². The monoisotopic (exact) mass is 372 g/mol. The number of hydrogen-bond donors (Lipinski definition) is 0. The van der Waals surface area contributed by atoms with Gasteiger partial charge in [-0.1, -0.05) is 25.0 Å². The van der Waals surface area contributed by atoms with Crippen LogP contribution >= 0.6 is 11.3 Å². The predicted molar refractivity (Wildman–Crippen MR) is 96.2 cm³/mol. The summed E-state index contributed by atoms with van der Waals surface area (Å²) in [6, 6.07) is 7.75. The molecule has 0 spiro atoms. The highest BCUT2D eigenvalue weighted by Crippen LogP contribution is 2.38. The minimum absolute atomic E-state index is 0.0296. The van der Waals surface area contributed by atoms with Crippen molar-refractivity contribution >= 4 is 39.3 Å². The molecule has 2 heterocycles. The highest BCUT2D eigenvalue weighted by molar-refractivity contribution is 7.18. The number of thiazole rings is 1. The van der Waals surface area contributed by atoms with Crippen LogP contribution in [0.5, 0.6) is 0 Å². The lowest BCUT2D eigenvalue weighted by Gasteiger charge is -2.19. The number of hydrogen-bond acceptors (Lipinski definition) is 6. The second-order valence-corrected chi connectivity index (χ2v) is 7.93. The number of benzene rings is 1. The molecule has 1 saturated heterocycles. The Morgan fingerprint density at radius 1 is 1.15 bits per heavy atom. The molecule has 1 saturated carbocycles. The maximum atomic E-state index is 12.4. The van der Waals surface area contributed by atoms with Gasteiger partial charge in [-0.3, -0.25) is 19.3 Å². The summed E-state index contributed by atoms with van der Waals surface area (Å²) in [5.41, 5.74) is 0.888. The van der Waals surface area contributed by atoms with E-state index in [0.29, 0.717) is 0 Å². The molecule has 2 unspecified atom stereocenters. The number of amides is 2. The third-order valence-electron chi connectivity index (χ3n) is 5.17. The molecular formula is C19H20N2O4S. The van der Waals surface area contributed by atoms with E-state index in [2.05, 4.69) is 4.98 Å².